The van der Waals surface area contributed by atoms with Gasteiger partial charge in [0.25, 0.3) is 0 Å². The molecule has 0 saturated carbocycles. The van der Waals surface area contributed by atoms with Gasteiger partial charge in [-0.05, 0) is 194 Å². The van der Waals surface area contributed by atoms with E-state index in [4.69, 9.17) is 17.7 Å². The fraction of sp³-hybridized carbons (Fsp3) is 0.0588. The average molecular weight is 1510 g/mol. The Labute approximate surface area is 664 Å². The molecule has 0 spiro atoms. The van der Waals surface area contributed by atoms with Crippen molar-refractivity contribution in [1.29, 1.82) is 0 Å². The van der Waals surface area contributed by atoms with E-state index in [-0.39, 0.29) is 0 Å². The van der Waals surface area contributed by atoms with E-state index in [2.05, 4.69) is 314 Å². The lowest BCUT2D eigenvalue weighted by Crippen LogP contribution is -2.64. The van der Waals surface area contributed by atoms with Crippen LogP contribution in [-0.2, 0) is 0 Å². The molecule has 12 aromatic heterocycles. The number of hydrogen-bond acceptors (Lipinski definition) is 10. The highest BCUT2D eigenvalue weighted by atomic mass is 28.3. The smallest absolute Gasteiger partial charge is 0.158 e. The van der Waals surface area contributed by atoms with Gasteiger partial charge in [-0.15, -0.1) is 0 Å². The number of fused-ring (bicyclic) bond motifs is 18. The summed E-state index contributed by atoms with van der Waals surface area (Å²) in [5.74, 6) is 0. The molecule has 0 aliphatic carbocycles. The van der Waals surface area contributed by atoms with E-state index < -0.39 is 8.07 Å². The van der Waals surface area contributed by atoms with Gasteiger partial charge in [0, 0.05) is 91.1 Å². The number of furan rings is 4. The lowest BCUT2D eigenvalue weighted by molar-refractivity contribution is 0.662. The zero-order chi connectivity index (χ0) is 77.9. The van der Waals surface area contributed by atoms with Crippen molar-refractivity contribution >= 4 is 156 Å². The Morgan fingerprint density at radius 2 is 0.774 bits per heavy atom. The van der Waals surface area contributed by atoms with Gasteiger partial charge in [0.15, 0.2) is 33.5 Å². The van der Waals surface area contributed by atoms with E-state index in [1.807, 2.05) is 106 Å². The molecular weight excluding hydrogens is 1430 g/mol. The van der Waals surface area contributed by atoms with Crippen LogP contribution in [0.15, 0.2) is 382 Å². The number of pyridine rings is 6. The number of hydrogen-bond donors (Lipinski definition) is 0. The Bertz CT molecular complexity index is 7230. The minimum Gasteiger partial charge on any atom is -0.454 e. The zero-order valence-electron chi connectivity index (χ0n) is 64.4. The molecule has 0 amide bonds. The second-order valence-corrected chi connectivity index (χ2v) is 32.9. The van der Waals surface area contributed by atoms with Crippen LogP contribution in [0.4, 0.5) is 0 Å². The van der Waals surface area contributed by atoms with Crippen molar-refractivity contribution < 1.29 is 17.7 Å². The predicted octanol–water partition coefficient (Wildman–Crippen LogP) is 24.6. The highest BCUT2D eigenvalue weighted by Gasteiger charge is 2.33. The maximum atomic E-state index is 6.00. The average Bonchev–Trinajstić information content (AvgIpc) is 1.59. The number of benzene rings is 11. The van der Waals surface area contributed by atoms with Gasteiger partial charge < -0.3 is 26.8 Å². The summed E-state index contributed by atoms with van der Waals surface area (Å²) in [6.07, 6.45) is 10.7. The molecule has 0 fully saturated rings. The highest BCUT2D eigenvalue weighted by molar-refractivity contribution is 7.10. The summed E-state index contributed by atoms with van der Waals surface area (Å²) in [5, 5.41) is 14.0. The van der Waals surface area contributed by atoms with Crippen LogP contribution in [0, 0.1) is 34.6 Å². The maximum Gasteiger partial charge on any atom is 0.158 e. The van der Waals surface area contributed by atoms with Gasteiger partial charge in [0.2, 0.25) is 0 Å². The zero-order valence-corrected chi connectivity index (χ0v) is 65.4. The number of rotatable bonds is 6. The summed E-state index contributed by atoms with van der Waals surface area (Å²) in [4.78, 5) is 25.6. The molecule has 23 rings (SSSR count). The molecule has 0 atom stereocenters. The van der Waals surface area contributed by atoms with Crippen molar-refractivity contribution in [2.45, 2.75) is 41.2 Å². The van der Waals surface area contributed by atoms with Crippen molar-refractivity contribution in [3.05, 3.63) is 393 Å². The molecule has 11 aromatic carbocycles. The Kier molecular flexibility index (Phi) is 19.5. The van der Waals surface area contributed by atoms with Gasteiger partial charge in [0.05, 0.1) is 34.0 Å². The summed E-state index contributed by atoms with van der Waals surface area (Å²) in [6, 6.07) is 115. The third-order valence-corrected chi connectivity index (χ3v) is 25.9. The van der Waals surface area contributed by atoms with Crippen molar-refractivity contribution in [2.24, 2.45) is 0 Å². The van der Waals surface area contributed by atoms with Crippen LogP contribution in [0.25, 0.3) is 154 Å². The highest BCUT2D eigenvalue weighted by Crippen LogP contribution is 2.39. The molecule has 12 nitrogen and oxygen atoms in total. The van der Waals surface area contributed by atoms with Crippen LogP contribution >= 0.6 is 0 Å². The van der Waals surface area contributed by atoms with Gasteiger partial charge in [-0.2, -0.15) is 0 Å². The van der Waals surface area contributed by atoms with Gasteiger partial charge in [0.1, 0.15) is 41.3 Å². The van der Waals surface area contributed by atoms with Crippen molar-refractivity contribution in [3.8, 4) is 22.5 Å². The quantitative estimate of drug-likeness (QED) is 0.117. The summed E-state index contributed by atoms with van der Waals surface area (Å²) in [6.45, 7) is 12.7. The van der Waals surface area contributed by atoms with E-state index in [1.165, 1.54) is 87.1 Å². The molecule has 0 aliphatic rings. The SMILES string of the molecule is C[Si](c1ccccc1)(c1ccccc1)c1ccccc1.Cc1ccc2c(c1)c1ccccc1n2-c1ccccc1.Cc1ccc2oc3cccnc3c2n1.Cc1cccc(-c2ccc3c(c2)c2ccccc2n3-c2ccc3oc4cnccc4c3c2)c1.Cc1ccnc2c1oc1cccnc12.Cc1nccc2c1oc1ccccc12. The molecular formula is C102H78N8O4Si. The van der Waals surface area contributed by atoms with E-state index in [0.717, 1.165) is 111 Å². The topological polar surface area (TPSA) is 140 Å². The molecule has 12 heterocycles. The molecule has 0 radical (unpaired) electrons. The Morgan fingerprint density at radius 3 is 1.46 bits per heavy atom. The number of aromatic nitrogens is 8. The van der Waals surface area contributed by atoms with E-state index in [9.17, 15) is 0 Å². The van der Waals surface area contributed by atoms with Crippen LogP contribution in [0.2, 0.25) is 6.55 Å². The monoisotopic (exact) mass is 1510 g/mol. The largest absolute Gasteiger partial charge is 0.454 e. The molecule has 554 valence electrons. The van der Waals surface area contributed by atoms with Gasteiger partial charge >= 0.3 is 0 Å². The summed E-state index contributed by atoms with van der Waals surface area (Å²) in [7, 11) is -1.88. The first kappa shape index (κ1) is 71.9. The Hall–Kier alpha value is -14.7. The summed E-state index contributed by atoms with van der Waals surface area (Å²) in [5.41, 5.74) is 25.4. The normalized spacial score (nSPS) is 11.4. The van der Waals surface area contributed by atoms with Crippen LogP contribution < -0.4 is 15.6 Å². The van der Waals surface area contributed by atoms with Crippen LogP contribution in [0.3, 0.4) is 0 Å². The fourth-order valence-corrected chi connectivity index (χ4v) is 19.3. The third-order valence-electron chi connectivity index (χ3n) is 21.4. The van der Waals surface area contributed by atoms with E-state index >= 15 is 0 Å². The maximum absolute atomic E-state index is 6.00. The minimum atomic E-state index is -1.88. The lowest BCUT2D eigenvalue weighted by Gasteiger charge is -2.29. The molecule has 0 aliphatic heterocycles. The number of para-hydroxylation sites is 4. The lowest BCUT2D eigenvalue weighted by atomic mass is 10.0. The molecule has 23 aromatic rings. The second kappa shape index (κ2) is 31.2. The van der Waals surface area contributed by atoms with Crippen LogP contribution in [-0.4, -0.2) is 47.1 Å². The van der Waals surface area contributed by atoms with Crippen LogP contribution in [0.5, 0.6) is 0 Å². The van der Waals surface area contributed by atoms with E-state index in [1.54, 1.807) is 24.8 Å². The van der Waals surface area contributed by atoms with Crippen molar-refractivity contribution in [3.63, 3.8) is 0 Å². The second-order valence-electron chi connectivity index (χ2n) is 28.9. The van der Waals surface area contributed by atoms with Crippen LogP contribution in [0.1, 0.15) is 28.1 Å². The fourth-order valence-electron chi connectivity index (χ4n) is 15.7. The Balaban J connectivity index is 0.0000000990. The molecule has 0 bridgehead atoms. The summed E-state index contributed by atoms with van der Waals surface area (Å²) >= 11 is 0. The Morgan fingerprint density at radius 1 is 0.278 bits per heavy atom. The minimum absolute atomic E-state index is 0.792. The van der Waals surface area contributed by atoms with Gasteiger partial charge in [-0.1, -0.05) is 218 Å². The number of aryl methyl sites for hydroxylation is 5. The summed E-state index contributed by atoms with van der Waals surface area (Å²) < 4.78 is 27.7. The molecule has 0 N–H and O–H groups in total. The van der Waals surface area contributed by atoms with E-state index in [0.29, 0.717) is 0 Å². The standard InChI is InChI=1S/C30H20N2O.C19H15N.C19H18Si.C12H9NO.2C11H8N2O/c1-19-5-4-6-20(15-19)21-9-11-28-25(16-21)23-7-2-3-8-27(23)32(28)22-10-12-29-26(17-22)24-13-14-31-18-30(24)33-29;1-14-11-12-19-17(13-14)16-9-5-6-10-18(16)20(19)15-7-3-2-4-8-15;1-20(17-11-5-2-6-12-17,18-13-7-3-8-14-18)19-15-9-4-10-16-19;1-8-12-10(6-7-13-8)9-4-2-3-5-11(9)14-12;1-7-4-5-9-11(13-7)10-8(14-9)3-2-6-12-10;1-7-4-6-13-10-9-8(14-11(7)10)3-2-5-12-9/h2-18H,1H3;2-13H,1H3;2-16H,1H3;2-7H,1H3;2*2-6H,1H3. The first-order chi connectivity index (χ1) is 56.5. The molecule has 13 heteroatoms. The first-order valence-corrected chi connectivity index (χ1v) is 41.0. The first-order valence-electron chi connectivity index (χ1n) is 38.5. The molecule has 0 unspecified atom stereocenters. The number of nitrogens with zero attached hydrogens (tertiary/aromatic N) is 8. The van der Waals surface area contributed by atoms with Gasteiger partial charge in [-0.25, -0.2) is 4.98 Å². The van der Waals surface area contributed by atoms with Gasteiger partial charge in [-0.3, -0.25) is 24.9 Å². The molecule has 0 saturated heterocycles. The van der Waals surface area contributed by atoms with Crippen molar-refractivity contribution in [2.75, 3.05) is 0 Å². The third kappa shape index (κ3) is 14.0. The van der Waals surface area contributed by atoms with Crippen molar-refractivity contribution in [1.82, 2.24) is 39.0 Å². The predicted molar refractivity (Wildman–Crippen MR) is 476 cm³/mol. The molecule has 115 heavy (non-hydrogen) atoms.